The van der Waals surface area contributed by atoms with Crippen LogP contribution in [0.25, 0.3) is 11.6 Å². The summed E-state index contributed by atoms with van der Waals surface area (Å²) < 4.78 is 0. The molecule has 0 saturated carbocycles. The largest absolute Gasteiger partial charge is 0.365 e. The monoisotopic (exact) mass is 471 g/mol. The second-order valence-electron chi connectivity index (χ2n) is 8.30. The minimum atomic E-state index is -0.192. The molecule has 7 heteroatoms. The van der Waals surface area contributed by atoms with Crippen molar-refractivity contribution in [2.24, 2.45) is 4.99 Å². The number of thioether (sulfide) groups is 1. The van der Waals surface area contributed by atoms with Crippen molar-refractivity contribution in [1.82, 2.24) is 5.32 Å². The van der Waals surface area contributed by atoms with Gasteiger partial charge in [-0.25, -0.2) is 4.99 Å². The average molecular weight is 472 g/mol. The number of aliphatic imine (C=N–C) groups is 1. The molecule has 0 radical (unpaired) electrons. The molecule has 31 heavy (non-hydrogen) atoms. The number of likely N-dealkylation sites (N-methyl/N-ethyl adjacent to an activating group) is 1. The van der Waals surface area contributed by atoms with Crippen LogP contribution in [0.3, 0.4) is 0 Å². The fraction of sp³-hybridized carbons (Fsp3) is 0.250. The van der Waals surface area contributed by atoms with E-state index in [-0.39, 0.29) is 11.4 Å². The quantitative estimate of drug-likeness (QED) is 0.488. The Morgan fingerprint density at radius 2 is 1.90 bits per heavy atom. The molecule has 0 bridgehead atoms. The fourth-order valence-corrected chi connectivity index (χ4v) is 4.95. The molecule has 4 nitrogen and oxygen atoms in total. The Hall–Kier alpha value is -2.21. The number of amides is 1. The van der Waals surface area contributed by atoms with E-state index in [9.17, 15) is 4.79 Å². The number of allylic oxidation sites excluding steroid dienone is 1. The Morgan fingerprint density at radius 3 is 2.65 bits per heavy atom. The van der Waals surface area contributed by atoms with Crippen molar-refractivity contribution in [2.45, 2.75) is 33.2 Å². The number of benzene rings is 2. The lowest BCUT2D eigenvalue weighted by atomic mass is 9.88. The van der Waals surface area contributed by atoms with Gasteiger partial charge in [-0.05, 0) is 86.5 Å². The highest BCUT2D eigenvalue weighted by Gasteiger charge is 2.30. The first kappa shape index (κ1) is 22.0. The number of carbonyl (C=O) groups excluding carboxylic acids is 1. The van der Waals surface area contributed by atoms with Gasteiger partial charge in [-0.15, -0.1) is 0 Å². The SMILES string of the molecule is CC1=CC(C)(C)N(C)c2cc(Cl)c(/C=C3/SC(=Nc4cccc(Cl)c4C)NC3=O)cc21. The molecule has 2 heterocycles. The molecule has 160 valence electrons. The van der Waals surface area contributed by atoms with E-state index in [0.717, 1.165) is 28.1 Å². The molecule has 1 amide bonds. The zero-order valence-electron chi connectivity index (χ0n) is 18.0. The van der Waals surface area contributed by atoms with Crippen molar-refractivity contribution >= 4 is 69.1 Å². The highest BCUT2D eigenvalue weighted by molar-refractivity contribution is 8.18. The van der Waals surface area contributed by atoms with Gasteiger partial charge in [0.2, 0.25) is 0 Å². The van der Waals surface area contributed by atoms with Crippen LogP contribution in [0.5, 0.6) is 0 Å². The molecule has 0 atom stereocenters. The zero-order chi connectivity index (χ0) is 22.5. The van der Waals surface area contributed by atoms with Crippen LogP contribution in [0.1, 0.15) is 37.5 Å². The van der Waals surface area contributed by atoms with Gasteiger partial charge >= 0.3 is 0 Å². The van der Waals surface area contributed by atoms with E-state index in [4.69, 9.17) is 23.2 Å². The minimum absolute atomic E-state index is 0.0919. The molecule has 0 aromatic heterocycles. The summed E-state index contributed by atoms with van der Waals surface area (Å²) in [5.41, 5.74) is 5.71. The highest BCUT2D eigenvalue weighted by Crippen LogP contribution is 2.41. The van der Waals surface area contributed by atoms with Crippen LogP contribution < -0.4 is 10.2 Å². The van der Waals surface area contributed by atoms with E-state index in [1.165, 1.54) is 17.3 Å². The fourth-order valence-electron chi connectivity index (χ4n) is 3.75. The van der Waals surface area contributed by atoms with E-state index >= 15 is 0 Å². The lowest BCUT2D eigenvalue weighted by Gasteiger charge is -2.40. The van der Waals surface area contributed by atoms with Crippen LogP contribution in [-0.2, 0) is 4.79 Å². The maximum absolute atomic E-state index is 12.6. The van der Waals surface area contributed by atoms with Gasteiger partial charge in [0.05, 0.1) is 16.1 Å². The van der Waals surface area contributed by atoms with Crippen molar-refractivity contribution in [3.05, 3.63) is 68.0 Å². The van der Waals surface area contributed by atoms with Crippen molar-refractivity contribution < 1.29 is 4.79 Å². The van der Waals surface area contributed by atoms with E-state index < -0.39 is 0 Å². The molecular weight excluding hydrogens is 449 g/mol. The molecule has 2 aromatic carbocycles. The summed E-state index contributed by atoms with van der Waals surface area (Å²) in [6.45, 7) is 8.35. The van der Waals surface area contributed by atoms with Crippen LogP contribution in [0.15, 0.2) is 46.3 Å². The molecule has 1 saturated heterocycles. The van der Waals surface area contributed by atoms with Crippen LogP contribution >= 0.6 is 35.0 Å². The summed E-state index contributed by atoms with van der Waals surface area (Å²) in [6.07, 6.45) is 4.07. The van der Waals surface area contributed by atoms with Crippen molar-refractivity contribution in [3.8, 4) is 0 Å². The van der Waals surface area contributed by atoms with Crippen LogP contribution in [0.4, 0.5) is 11.4 Å². The van der Waals surface area contributed by atoms with Gasteiger partial charge in [0.15, 0.2) is 5.17 Å². The van der Waals surface area contributed by atoms with Crippen molar-refractivity contribution in [2.75, 3.05) is 11.9 Å². The molecule has 0 spiro atoms. The first-order valence-electron chi connectivity index (χ1n) is 9.89. The molecule has 2 aliphatic heterocycles. The molecular formula is C24H23Cl2N3OS. The van der Waals surface area contributed by atoms with E-state index in [1.54, 1.807) is 0 Å². The standard InChI is InChI=1S/C24H23Cl2N3OS/c1-13-12-24(3,4)29(5)20-11-18(26)15(9-16(13)20)10-21-22(30)28-23(31-21)27-19-8-6-7-17(25)14(19)2/h6-12H,1-5H3,(H,27,28,30)/b21-10+. The number of nitrogens with one attached hydrogen (secondary N) is 1. The molecule has 1 fully saturated rings. The third-order valence-corrected chi connectivity index (χ3v) is 7.38. The van der Waals surface area contributed by atoms with Gasteiger partial charge in [0.25, 0.3) is 5.91 Å². The van der Waals surface area contributed by atoms with Gasteiger partial charge < -0.3 is 10.2 Å². The molecule has 2 aromatic rings. The number of anilines is 1. The lowest BCUT2D eigenvalue weighted by Crippen LogP contribution is -2.42. The average Bonchev–Trinajstić information content (AvgIpc) is 3.03. The number of hydrogen-bond acceptors (Lipinski definition) is 4. The van der Waals surface area contributed by atoms with Crippen LogP contribution in [-0.4, -0.2) is 23.7 Å². The third kappa shape index (κ3) is 4.14. The summed E-state index contributed by atoms with van der Waals surface area (Å²) in [4.78, 5) is 19.9. The number of rotatable bonds is 2. The Kier molecular flexibility index (Phi) is 5.71. The van der Waals surface area contributed by atoms with Gasteiger partial charge in [-0.1, -0.05) is 35.3 Å². The second kappa shape index (κ2) is 8.05. The van der Waals surface area contributed by atoms with Crippen molar-refractivity contribution in [1.29, 1.82) is 0 Å². The number of fused-ring (bicyclic) bond motifs is 1. The van der Waals surface area contributed by atoms with Crippen molar-refractivity contribution in [3.63, 3.8) is 0 Å². The Labute approximate surface area is 197 Å². The van der Waals surface area contributed by atoms with Gasteiger partial charge in [-0.2, -0.15) is 0 Å². The van der Waals surface area contributed by atoms with Crippen LogP contribution in [0, 0.1) is 6.92 Å². The number of carbonyl (C=O) groups is 1. The number of halogens is 2. The molecule has 1 N–H and O–H groups in total. The summed E-state index contributed by atoms with van der Waals surface area (Å²) in [5.74, 6) is -0.192. The number of hydrogen-bond donors (Lipinski definition) is 1. The Morgan fingerprint density at radius 1 is 1.16 bits per heavy atom. The smallest absolute Gasteiger partial charge is 0.264 e. The zero-order valence-corrected chi connectivity index (χ0v) is 20.3. The third-order valence-electron chi connectivity index (χ3n) is 5.73. The predicted octanol–water partition coefficient (Wildman–Crippen LogP) is 6.83. The first-order valence-corrected chi connectivity index (χ1v) is 11.5. The Bertz CT molecular complexity index is 1200. The molecule has 4 rings (SSSR count). The number of amidine groups is 1. The summed E-state index contributed by atoms with van der Waals surface area (Å²) in [6, 6.07) is 9.55. The number of nitrogens with zero attached hydrogens (tertiary/aromatic N) is 2. The summed E-state index contributed by atoms with van der Waals surface area (Å²) in [5, 5.41) is 4.60. The summed E-state index contributed by atoms with van der Waals surface area (Å²) in [7, 11) is 2.07. The predicted molar refractivity (Wildman–Crippen MR) is 135 cm³/mol. The van der Waals surface area contributed by atoms with Gasteiger partial charge in [0.1, 0.15) is 0 Å². The van der Waals surface area contributed by atoms with Gasteiger partial charge in [-0.3, -0.25) is 4.79 Å². The van der Waals surface area contributed by atoms with E-state index in [1.807, 2.05) is 43.3 Å². The minimum Gasteiger partial charge on any atom is -0.365 e. The normalized spacial score (nSPS) is 20.2. The highest BCUT2D eigenvalue weighted by atomic mass is 35.5. The molecule has 2 aliphatic rings. The maximum Gasteiger partial charge on any atom is 0.264 e. The topological polar surface area (TPSA) is 44.7 Å². The van der Waals surface area contributed by atoms with E-state index in [2.05, 4.69) is 49.1 Å². The molecule has 0 aliphatic carbocycles. The Balaban J connectivity index is 1.68. The lowest BCUT2D eigenvalue weighted by molar-refractivity contribution is -0.115. The van der Waals surface area contributed by atoms with Crippen LogP contribution in [0.2, 0.25) is 10.0 Å². The van der Waals surface area contributed by atoms with E-state index in [0.29, 0.717) is 20.1 Å². The first-order chi connectivity index (χ1) is 14.6. The van der Waals surface area contributed by atoms with Gasteiger partial charge in [0, 0.05) is 28.3 Å². The second-order valence-corrected chi connectivity index (χ2v) is 10.1. The molecule has 0 unspecified atom stereocenters. The maximum atomic E-state index is 12.6. The summed E-state index contributed by atoms with van der Waals surface area (Å²) >= 11 is 14.1.